The largest absolute Gasteiger partial charge is 0.335 e. The first-order valence-corrected chi connectivity index (χ1v) is 8.80. The van der Waals surface area contributed by atoms with Crippen LogP contribution in [0.5, 0.6) is 0 Å². The van der Waals surface area contributed by atoms with Crippen molar-refractivity contribution in [3.63, 3.8) is 0 Å². The third-order valence-electron chi connectivity index (χ3n) is 4.28. The van der Waals surface area contributed by atoms with Crippen molar-refractivity contribution in [2.75, 3.05) is 0 Å². The van der Waals surface area contributed by atoms with Crippen LogP contribution >= 0.6 is 11.3 Å². The number of aromatic nitrogens is 1. The van der Waals surface area contributed by atoms with E-state index in [1.54, 1.807) is 6.07 Å². The van der Waals surface area contributed by atoms with Gasteiger partial charge in [-0.05, 0) is 24.3 Å². The standard InChI is InChI=1S/C19H13F2N3O2S/c1-24-14-8-3-2-5-10(14)11-9-15(27-19(11)24)17(25)22-23-18(26)16-12(20)6-4-7-13(16)21/h2-9H,1H3,(H,22,25)(H,23,26). The fourth-order valence-corrected chi connectivity index (χ4v) is 4.03. The van der Waals surface area contributed by atoms with Gasteiger partial charge in [0.25, 0.3) is 11.8 Å². The van der Waals surface area contributed by atoms with Gasteiger partial charge in [0.15, 0.2) is 0 Å². The second-order valence-electron chi connectivity index (χ2n) is 5.91. The van der Waals surface area contributed by atoms with Gasteiger partial charge in [-0.1, -0.05) is 24.3 Å². The van der Waals surface area contributed by atoms with Gasteiger partial charge in [0.05, 0.1) is 4.88 Å². The third-order valence-corrected chi connectivity index (χ3v) is 5.49. The minimum atomic E-state index is -1.06. The van der Waals surface area contributed by atoms with Gasteiger partial charge in [-0.25, -0.2) is 8.78 Å². The van der Waals surface area contributed by atoms with Gasteiger partial charge in [-0.3, -0.25) is 20.4 Å². The number of hydrazine groups is 1. The normalized spacial score (nSPS) is 11.1. The van der Waals surface area contributed by atoms with Crippen LogP contribution in [0.1, 0.15) is 20.0 Å². The first-order valence-electron chi connectivity index (χ1n) is 7.99. The third kappa shape index (κ3) is 2.83. The molecular formula is C19H13F2N3O2S. The van der Waals surface area contributed by atoms with Crippen LogP contribution in [0.25, 0.3) is 21.1 Å². The van der Waals surface area contributed by atoms with Crippen molar-refractivity contribution in [3.05, 3.63) is 70.6 Å². The number of thiophene rings is 1. The Hall–Kier alpha value is -3.26. The molecule has 27 heavy (non-hydrogen) atoms. The van der Waals surface area contributed by atoms with E-state index in [-0.39, 0.29) is 0 Å². The van der Waals surface area contributed by atoms with E-state index in [2.05, 4.69) is 5.43 Å². The van der Waals surface area contributed by atoms with Gasteiger partial charge in [-0.15, -0.1) is 11.3 Å². The average molecular weight is 385 g/mol. The molecule has 0 spiro atoms. The molecule has 0 fully saturated rings. The SMILES string of the molecule is Cn1c2ccccc2c2cc(C(=O)NNC(=O)c3c(F)cccc3F)sc21. The topological polar surface area (TPSA) is 63.1 Å². The highest BCUT2D eigenvalue weighted by Gasteiger charge is 2.19. The van der Waals surface area contributed by atoms with Crippen LogP contribution in [0.3, 0.4) is 0 Å². The number of aryl methyl sites for hydroxylation is 1. The fraction of sp³-hybridized carbons (Fsp3) is 0.0526. The molecule has 2 heterocycles. The van der Waals surface area contributed by atoms with E-state index in [1.807, 2.05) is 41.3 Å². The summed E-state index contributed by atoms with van der Waals surface area (Å²) in [6.45, 7) is 0. The van der Waals surface area contributed by atoms with Gasteiger partial charge >= 0.3 is 0 Å². The maximum absolute atomic E-state index is 13.6. The van der Waals surface area contributed by atoms with Crippen molar-refractivity contribution in [3.8, 4) is 0 Å². The van der Waals surface area contributed by atoms with E-state index in [0.717, 1.165) is 39.3 Å². The molecule has 2 aromatic heterocycles. The van der Waals surface area contributed by atoms with Crippen LogP contribution in [-0.2, 0) is 7.05 Å². The monoisotopic (exact) mass is 385 g/mol. The van der Waals surface area contributed by atoms with Crippen LogP contribution in [0.4, 0.5) is 8.78 Å². The zero-order valence-corrected chi connectivity index (χ0v) is 14.9. The maximum atomic E-state index is 13.6. The summed E-state index contributed by atoms with van der Waals surface area (Å²) in [5.74, 6) is -3.64. The van der Waals surface area contributed by atoms with E-state index >= 15 is 0 Å². The Labute approximate surface area is 156 Å². The van der Waals surface area contributed by atoms with E-state index < -0.39 is 29.0 Å². The van der Waals surface area contributed by atoms with Gasteiger partial charge in [-0.2, -0.15) is 0 Å². The summed E-state index contributed by atoms with van der Waals surface area (Å²) in [6.07, 6.45) is 0. The highest BCUT2D eigenvalue weighted by Crippen LogP contribution is 2.34. The second kappa shape index (κ2) is 6.48. The summed E-state index contributed by atoms with van der Waals surface area (Å²) >= 11 is 1.26. The molecule has 4 aromatic rings. The van der Waals surface area contributed by atoms with Crippen LogP contribution in [0, 0.1) is 11.6 Å². The predicted molar refractivity (Wildman–Crippen MR) is 99.6 cm³/mol. The molecule has 2 aromatic carbocycles. The molecule has 0 radical (unpaired) electrons. The van der Waals surface area contributed by atoms with Gasteiger partial charge in [0.1, 0.15) is 22.0 Å². The molecule has 0 aliphatic heterocycles. The number of fused-ring (bicyclic) bond motifs is 3. The lowest BCUT2D eigenvalue weighted by molar-refractivity contribution is 0.0843. The molecular weight excluding hydrogens is 372 g/mol. The van der Waals surface area contributed by atoms with E-state index in [0.29, 0.717) is 4.88 Å². The van der Waals surface area contributed by atoms with Crippen LogP contribution in [-0.4, -0.2) is 16.4 Å². The van der Waals surface area contributed by atoms with E-state index in [4.69, 9.17) is 0 Å². The maximum Gasteiger partial charge on any atom is 0.279 e. The van der Waals surface area contributed by atoms with Crippen molar-refractivity contribution >= 4 is 44.3 Å². The first-order chi connectivity index (χ1) is 13.0. The molecule has 0 saturated heterocycles. The lowest BCUT2D eigenvalue weighted by Crippen LogP contribution is -2.42. The average Bonchev–Trinajstić information content (AvgIpc) is 3.20. The number of rotatable bonds is 2. The molecule has 0 atom stereocenters. The molecule has 0 bridgehead atoms. The zero-order chi connectivity index (χ0) is 19.1. The highest BCUT2D eigenvalue weighted by atomic mass is 32.1. The molecule has 136 valence electrons. The quantitative estimate of drug-likeness (QED) is 0.516. The number of hydrogen-bond acceptors (Lipinski definition) is 3. The zero-order valence-electron chi connectivity index (χ0n) is 14.0. The number of carbonyl (C=O) groups is 2. The van der Waals surface area contributed by atoms with Crippen LogP contribution < -0.4 is 10.9 Å². The molecule has 2 N–H and O–H groups in total. The summed E-state index contributed by atoms with van der Waals surface area (Å²) < 4.78 is 29.2. The van der Waals surface area contributed by atoms with Crippen molar-refractivity contribution in [1.82, 2.24) is 15.4 Å². The Morgan fingerprint density at radius 2 is 1.59 bits per heavy atom. The number of benzene rings is 2. The number of carbonyl (C=O) groups excluding carboxylic acids is 2. The summed E-state index contributed by atoms with van der Waals surface area (Å²) in [5.41, 5.74) is 4.55. The highest BCUT2D eigenvalue weighted by molar-refractivity contribution is 7.20. The van der Waals surface area contributed by atoms with Crippen molar-refractivity contribution < 1.29 is 18.4 Å². The lowest BCUT2D eigenvalue weighted by Gasteiger charge is -2.07. The Bertz CT molecular complexity index is 1190. The number of nitrogens with zero attached hydrogens (tertiary/aromatic N) is 1. The molecule has 4 rings (SSSR count). The van der Waals surface area contributed by atoms with Crippen molar-refractivity contribution in [1.29, 1.82) is 0 Å². The minimum Gasteiger partial charge on any atom is -0.335 e. The van der Waals surface area contributed by atoms with Gasteiger partial charge < -0.3 is 4.57 Å². The van der Waals surface area contributed by atoms with Crippen molar-refractivity contribution in [2.45, 2.75) is 0 Å². The van der Waals surface area contributed by atoms with Crippen molar-refractivity contribution in [2.24, 2.45) is 7.05 Å². The van der Waals surface area contributed by atoms with Gasteiger partial charge in [0, 0.05) is 23.3 Å². The number of halogens is 2. The smallest absolute Gasteiger partial charge is 0.279 e. The molecule has 5 nitrogen and oxygen atoms in total. The number of amides is 2. The van der Waals surface area contributed by atoms with E-state index in [9.17, 15) is 18.4 Å². The molecule has 0 aliphatic rings. The molecule has 2 amide bonds. The second-order valence-corrected chi connectivity index (χ2v) is 6.94. The Morgan fingerprint density at radius 1 is 0.926 bits per heavy atom. The summed E-state index contributed by atoms with van der Waals surface area (Å²) in [7, 11) is 1.91. The number of para-hydroxylation sites is 1. The Kier molecular flexibility index (Phi) is 4.12. The molecule has 0 unspecified atom stereocenters. The summed E-state index contributed by atoms with van der Waals surface area (Å²) in [4.78, 5) is 25.6. The molecule has 0 aliphatic carbocycles. The Balaban J connectivity index is 1.57. The summed E-state index contributed by atoms with van der Waals surface area (Å²) in [6, 6.07) is 12.6. The lowest BCUT2D eigenvalue weighted by atomic mass is 10.2. The fourth-order valence-electron chi connectivity index (χ4n) is 2.99. The number of hydrogen-bond donors (Lipinski definition) is 2. The minimum absolute atomic E-state index is 0.371. The van der Waals surface area contributed by atoms with Crippen LogP contribution in [0.2, 0.25) is 0 Å². The predicted octanol–water partition coefficient (Wildman–Crippen LogP) is 3.75. The number of nitrogens with one attached hydrogen (secondary N) is 2. The molecule has 0 saturated carbocycles. The molecule has 8 heteroatoms. The van der Waals surface area contributed by atoms with Gasteiger partial charge in [0.2, 0.25) is 0 Å². The van der Waals surface area contributed by atoms with E-state index in [1.165, 1.54) is 11.3 Å². The Morgan fingerprint density at radius 3 is 2.33 bits per heavy atom. The first kappa shape index (κ1) is 17.2. The summed E-state index contributed by atoms with van der Waals surface area (Å²) in [5, 5.41) is 1.94. The van der Waals surface area contributed by atoms with Crippen LogP contribution in [0.15, 0.2) is 48.5 Å².